The monoisotopic (exact) mass is 321 g/mol. The van der Waals surface area contributed by atoms with Gasteiger partial charge in [-0.3, -0.25) is 4.90 Å². The highest BCUT2D eigenvalue weighted by atomic mass is 15.3. The van der Waals surface area contributed by atoms with Crippen molar-refractivity contribution in [1.29, 1.82) is 0 Å². The molecule has 1 aromatic heterocycles. The second-order valence-corrected chi connectivity index (χ2v) is 7.30. The van der Waals surface area contributed by atoms with Gasteiger partial charge in [0.25, 0.3) is 0 Å². The van der Waals surface area contributed by atoms with Crippen LogP contribution >= 0.6 is 0 Å². The highest BCUT2D eigenvalue weighted by Crippen LogP contribution is 2.47. The molecule has 0 amide bonds. The number of nitrogens with two attached hydrogens (primary N) is 1. The number of nitrogens with zero attached hydrogens (tertiary/aromatic N) is 4. The van der Waals surface area contributed by atoms with Gasteiger partial charge in [0.2, 0.25) is 5.95 Å². The van der Waals surface area contributed by atoms with Crippen molar-refractivity contribution in [2.24, 2.45) is 5.92 Å². The van der Waals surface area contributed by atoms with Gasteiger partial charge in [0, 0.05) is 30.7 Å². The first-order chi connectivity index (χ1) is 11.8. The van der Waals surface area contributed by atoms with E-state index in [1.807, 2.05) is 6.07 Å². The lowest BCUT2D eigenvalue weighted by Crippen LogP contribution is -2.60. The topological polar surface area (TPSA) is 58.3 Å². The molecule has 4 aliphatic rings. The van der Waals surface area contributed by atoms with E-state index in [9.17, 15) is 0 Å². The average molecular weight is 321 g/mol. The van der Waals surface area contributed by atoms with Gasteiger partial charge in [-0.25, -0.2) is 4.98 Å². The first-order valence-electron chi connectivity index (χ1n) is 8.95. The summed E-state index contributed by atoms with van der Waals surface area (Å²) >= 11 is 0. The van der Waals surface area contributed by atoms with Gasteiger partial charge >= 0.3 is 0 Å². The van der Waals surface area contributed by atoms with Crippen molar-refractivity contribution in [3.8, 4) is 0 Å². The molecule has 2 N–H and O–H groups in total. The van der Waals surface area contributed by atoms with E-state index in [1.165, 1.54) is 31.5 Å². The van der Waals surface area contributed by atoms with Crippen LogP contribution in [0.2, 0.25) is 0 Å². The van der Waals surface area contributed by atoms with Crippen LogP contribution in [0, 0.1) is 5.92 Å². The van der Waals surface area contributed by atoms with E-state index in [-0.39, 0.29) is 0 Å². The van der Waals surface area contributed by atoms with Crippen molar-refractivity contribution in [3.05, 3.63) is 48.2 Å². The Labute approximate surface area is 142 Å². The van der Waals surface area contributed by atoms with E-state index < -0.39 is 0 Å². The maximum atomic E-state index is 5.86. The van der Waals surface area contributed by atoms with Gasteiger partial charge in [0.15, 0.2) is 0 Å². The third kappa shape index (κ3) is 2.11. The summed E-state index contributed by atoms with van der Waals surface area (Å²) in [6, 6.07) is 14.1. The number of rotatable bonds is 2. The van der Waals surface area contributed by atoms with Crippen molar-refractivity contribution in [2.75, 3.05) is 30.3 Å². The molecule has 0 spiro atoms. The minimum Gasteiger partial charge on any atom is -0.368 e. The first-order valence-corrected chi connectivity index (χ1v) is 8.95. The van der Waals surface area contributed by atoms with Crippen LogP contribution in [0.15, 0.2) is 42.6 Å². The molecule has 4 saturated heterocycles. The molecule has 4 aliphatic heterocycles. The fourth-order valence-corrected chi connectivity index (χ4v) is 5.20. The van der Waals surface area contributed by atoms with Crippen molar-refractivity contribution < 1.29 is 0 Å². The number of fused-ring (bicyclic) bond motifs is 2. The van der Waals surface area contributed by atoms with Gasteiger partial charge < -0.3 is 10.6 Å². The zero-order valence-electron chi connectivity index (χ0n) is 13.8. The summed E-state index contributed by atoms with van der Waals surface area (Å²) in [6.07, 6.45) is 4.39. The summed E-state index contributed by atoms with van der Waals surface area (Å²) in [5.41, 5.74) is 7.31. The molecule has 4 fully saturated rings. The number of piperidine rings is 3. The quantitative estimate of drug-likeness (QED) is 0.918. The lowest BCUT2D eigenvalue weighted by atomic mass is 9.75. The zero-order chi connectivity index (χ0) is 16.1. The molecule has 0 aliphatic carbocycles. The molecule has 5 heterocycles. The molecule has 124 valence electrons. The SMILES string of the molecule is Nc1nccc(N2C[C@H](c3ccccc3)[C@@H]3[C@H]2C2CCN3CC2)n1. The van der Waals surface area contributed by atoms with E-state index >= 15 is 0 Å². The second-order valence-electron chi connectivity index (χ2n) is 7.30. The molecule has 6 rings (SSSR count). The van der Waals surface area contributed by atoms with Crippen LogP contribution < -0.4 is 10.6 Å². The molecule has 5 nitrogen and oxygen atoms in total. The molecule has 0 radical (unpaired) electrons. The number of hydrogen-bond acceptors (Lipinski definition) is 5. The van der Waals surface area contributed by atoms with Gasteiger partial charge in [-0.1, -0.05) is 30.3 Å². The Morgan fingerprint density at radius 2 is 1.79 bits per heavy atom. The molecule has 2 aromatic rings. The Balaban J connectivity index is 1.57. The molecule has 1 aromatic carbocycles. The number of benzene rings is 1. The van der Waals surface area contributed by atoms with Crippen molar-refractivity contribution in [3.63, 3.8) is 0 Å². The van der Waals surface area contributed by atoms with Crippen LogP contribution in [0.3, 0.4) is 0 Å². The minimum absolute atomic E-state index is 0.369. The van der Waals surface area contributed by atoms with E-state index in [0.717, 1.165) is 18.3 Å². The maximum absolute atomic E-state index is 5.86. The fraction of sp³-hybridized carbons (Fsp3) is 0.474. The predicted molar refractivity (Wildman–Crippen MR) is 94.8 cm³/mol. The van der Waals surface area contributed by atoms with Gasteiger partial charge in [-0.05, 0) is 43.5 Å². The van der Waals surface area contributed by atoms with E-state index in [1.54, 1.807) is 6.20 Å². The highest BCUT2D eigenvalue weighted by molar-refractivity contribution is 5.48. The Morgan fingerprint density at radius 1 is 1.00 bits per heavy atom. The predicted octanol–water partition coefficient (Wildman–Crippen LogP) is 2.13. The maximum Gasteiger partial charge on any atom is 0.221 e. The minimum atomic E-state index is 0.369. The Morgan fingerprint density at radius 3 is 2.54 bits per heavy atom. The summed E-state index contributed by atoms with van der Waals surface area (Å²) in [6.45, 7) is 3.51. The third-order valence-electron chi connectivity index (χ3n) is 6.18. The smallest absolute Gasteiger partial charge is 0.221 e. The summed E-state index contributed by atoms with van der Waals surface area (Å²) < 4.78 is 0. The number of aromatic nitrogens is 2. The van der Waals surface area contributed by atoms with Crippen LogP contribution in [0.25, 0.3) is 0 Å². The number of anilines is 2. The number of nitrogen functional groups attached to an aromatic ring is 1. The van der Waals surface area contributed by atoms with Gasteiger partial charge in [0.1, 0.15) is 5.82 Å². The molecule has 0 saturated carbocycles. The summed E-state index contributed by atoms with van der Waals surface area (Å²) in [5, 5.41) is 0. The Bertz CT molecular complexity index is 726. The van der Waals surface area contributed by atoms with E-state index in [2.05, 4.69) is 50.1 Å². The second kappa shape index (κ2) is 5.45. The summed E-state index contributed by atoms with van der Waals surface area (Å²) in [7, 11) is 0. The molecule has 0 unspecified atom stereocenters. The molecule has 24 heavy (non-hydrogen) atoms. The van der Waals surface area contributed by atoms with Crippen LogP contribution in [-0.2, 0) is 0 Å². The van der Waals surface area contributed by atoms with Crippen LogP contribution in [-0.4, -0.2) is 46.6 Å². The largest absolute Gasteiger partial charge is 0.368 e. The van der Waals surface area contributed by atoms with Gasteiger partial charge in [0.05, 0.1) is 0 Å². The molecule has 2 bridgehead atoms. The van der Waals surface area contributed by atoms with Crippen LogP contribution in [0.5, 0.6) is 0 Å². The zero-order valence-corrected chi connectivity index (χ0v) is 13.8. The summed E-state index contributed by atoms with van der Waals surface area (Å²) in [4.78, 5) is 13.8. The van der Waals surface area contributed by atoms with Crippen molar-refractivity contribution in [2.45, 2.75) is 30.8 Å². The highest BCUT2D eigenvalue weighted by Gasteiger charge is 2.53. The Hall–Kier alpha value is -2.14. The number of hydrogen-bond donors (Lipinski definition) is 1. The normalized spacial score (nSPS) is 34.3. The third-order valence-corrected chi connectivity index (χ3v) is 6.18. The molecular formula is C19H23N5. The lowest BCUT2D eigenvalue weighted by molar-refractivity contribution is 0.0354. The molecule has 3 atom stereocenters. The van der Waals surface area contributed by atoms with Crippen LogP contribution in [0.4, 0.5) is 11.8 Å². The molecular weight excluding hydrogens is 298 g/mol. The van der Waals surface area contributed by atoms with Crippen molar-refractivity contribution >= 4 is 11.8 Å². The molecule has 5 heteroatoms. The Kier molecular flexibility index (Phi) is 3.23. The first kappa shape index (κ1) is 14.2. The average Bonchev–Trinajstić information content (AvgIpc) is 3.06. The fourth-order valence-electron chi connectivity index (χ4n) is 5.20. The standard InChI is InChI=1S/C19H23N5/c20-19-21-9-6-16(22-19)24-12-15(13-4-2-1-3-5-13)18-17(24)14-7-10-23(18)11-8-14/h1-6,9,14-15,17-18H,7-8,10-12H2,(H2,20,21,22)/t15-,17-,18-/m1/s1. The van der Waals surface area contributed by atoms with E-state index in [4.69, 9.17) is 5.73 Å². The van der Waals surface area contributed by atoms with Crippen LogP contribution in [0.1, 0.15) is 24.3 Å². The van der Waals surface area contributed by atoms with Gasteiger partial charge in [-0.2, -0.15) is 4.98 Å². The summed E-state index contributed by atoms with van der Waals surface area (Å²) in [5.74, 6) is 2.67. The van der Waals surface area contributed by atoms with E-state index in [0.29, 0.717) is 23.9 Å². The van der Waals surface area contributed by atoms with Crippen molar-refractivity contribution in [1.82, 2.24) is 14.9 Å². The van der Waals surface area contributed by atoms with Gasteiger partial charge in [-0.15, -0.1) is 0 Å². The lowest BCUT2D eigenvalue weighted by Gasteiger charge is -2.51.